The first-order valence-electron chi connectivity index (χ1n) is 6.61. The van der Waals surface area contributed by atoms with E-state index in [0.717, 1.165) is 0 Å². The van der Waals surface area contributed by atoms with Crippen LogP contribution < -0.4 is 10.6 Å². The van der Waals surface area contributed by atoms with Gasteiger partial charge in [0.15, 0.2) is 0 Å². The summed E-state index contributed by atoms with van der Waals surface area (Å²) in [6, 6.07) is 6.68. The molecule has 1 aromatic carbocycles. The third-order valence-corrected chi connectivity index (χ3v) is 3.15. The van der Waals surface area contributed by atoms with Crippen LogP contribution in [-0.2, 0) is 19.8 Å². The Morgan fingerprint density at radius 3 is 2.19 bits per heavy atom. The van der Waals surface area contributed by atoms with Crippen molar-refractivity contribution in [2.75, 3.05) is 11.9 Å². The monoisotopic (exact) mass is 292 g/mol. The lowest BCUT2D eigenvalue weighted by Gasteiger charge is -2.19. The van der Waals surface area contributed by atoms with Crippen molar-refractivity contribution in [3.63, 3.8) is 0 Å². The molecule has 0 spiro atoms. The van der Waals surface area contributed by atoms with E-state index in [1.54, 1.807) is 38.1 Å². The van der Waals surface area contributed by atoms with Gasteiger partial charge in [0.25, 0.3) is 0 Å². The van der Waals surface area contributed by atoms with Crippen molar-refractivity contribution in [2.45, 2.75) is 32.6 Å². The zero-order valence-corrected chi connectivity index (χ0v) is 12.4. The van der Waals surface area contributed by atoms with E-state index in [-0.39, 0.29) is 24.8 Å². The van der Waals surface area contributed by atoms with Gasteiger partial charge >= 0.3 is 5.97 Å². The standard InChI is InChI=1S/C15H20N2O4/c1-10(18)16-9-8-13(19)17-12-6-4-11(5-7-12)15(2,3)14(20)21/h4-7H,8-9H2,1-3H3,(H,16,18)(H,17,19)(H,20,21). The molecule has 0 radical (unpaired) electrons. The molecule has 0 saturated heterocycles. The summed E-state index contributed by atoms with van der Waals surface area (Å²) in [6.45, 7) is 4.92. The molecular weight excluding hydrogens is 272 g/mol. The Kier molecular flexibility index (Phi) is 5.46. The maximum absolute atomic E-state index is 11.6. The maximum atomic E-state index is 11.6. The molecule has 0 aliphatic heterocycles. The highest BCUT2D eigenvalue weighted by molar-refractivity contribution is 5.91. The van der Waals surface area contributed by atoms with Gasteiger partial charge in [0.05, 0.1) is 5.41 Å². The highest BCUT2D eigenvalue weighted by Gasteiger charge is 2.29. The lowest BCUT2D eigenvalue weighted by Crippen LogP contribution is -2.28. The van der Waals surface area contributed by atoms with E-state index in [1.807, 2.05) is 0 Å². The summed E-state index contributed by atoms with van der Waals surface area (Å²) in [5, 5.41) is 14.4. The van der Waals surface area contributed by atoms with Crippen LogP contribution in [0.2, 0.25) is 0 Å². The van der Waals surface area contributed by atoms with Gasteiger partial charge in [-0.2, -0.15) is 0 Å². The van der Waals surface area contributed by atoms with E-state index >= 15 is 0 Å². The number of hydrogen-bond donors (Lipinski definition) is 3. The number of carbonyl (C=O) groups is 3. The van der Waals surface area contributed by atoms with Gasteiger partial charge in [0.2, 0.25) is 11.8 Å². The molecule has 0 unspecified atom stereocenters. The molecule has 6 heteroatoms. The van der Waals surface area contributed by atoms with Crippen LogP contribution in [0.3, 0.4) is 0 Å². The van der Waals surface area contributed by atoms with Gasteiger partial charge in [-0.05, 0) is 31.5 Å². The Bertz CT molecular complexity index is 535. The molecule has 1 aromatic rings. The van der Waals surface area contributed by atoms with Crippen molar-refractivity contribution < 1.29 is 19.5 Å². The van der Waals surface area contributed by atoms with Crippen LogP contribution in [0.1, 0.15) is 32.8 Å². The van der Waals surface area contributed by atoms with Gasteiger partial charge in [-0.3, -0.25) is 14.4 Å². The number of rotatable bonds is 6. The number of carboxylic acids is 1. The van der Waals surface area contributed by atoms with Crippen LogP contribution in [0.4, 0.5) is 5.69 Å². The van der Waals surface area contributed by atoms with Gasteiger partial charge in [-0.25, -0.2) is 0 Å². The van der Waals surface area contributed by atoms with Crippen LogP contribution >= 0.6 is 0 Å². The van der Waals surface area contributed by atoms with Crippen molar-refractivity contribution in [3.05, 3.63) is 29.8 Å². The zero-order chi connectivity index (χ0) is 16.0. The third kappa shape index (κ3) is 4.91. The van der Waals surface area contributed by atoms with Gasteiger partial charge in [0, 0.05) is 25.6 Å². The normalized spacial score (nSPS) is 10.8. The van der Waals surface area contributed by atoms with E-state index in [1.165, 1.54) is 6.92 Å². The fraction of sp³-hybridized carbons (Fsp3) is 0.400. The van der Waals surface area contributed by atoms with Crippen LogP contribution in [0.5, 0.6) is 0 Å². The van der Waals surface area contributed by atoms with Crippen molar-refractivity contribution in [3.8, 4) is 0 Å². The molecule has 0 aliphatic rings. The summed E-state index contributed by atoms with van der Waals surface area (Å²) in [7, 11) is 0. The van der Waals surface area contributed by atoms with E-state index < -0.39 is 11.4 Å². The Hall–Kier alpha value is -2.37. The number of amides is 2. The number of benzene rings is 1. The smallest absolute Gasteiger partial charge is 0.313 e. The molecule has 0 atom stereocenters. The Morgan fingerprint density at radius 2 is 1.71 bits per heavy atom. The fourth-order valence-electron chi connectivity index (χ4n) is 1.67. The minimum atomic E-state index is -0.978. The average molecular weight is 292 g/mol. The SMILES string of the molecule is CC(=O)NCCC(=O)Nc1ccc(C(C)(C)C(=O)O)cc1. The largest absolute Gasteiger partial charge is 0.481 e. The quantitative estimate of drug-likeness (QED) is 0.740. The van der Waals surface area contributed by atoms with E-state index in [2.05, 4.69) is 10.6 Å². The van der Waals surface area contributed by atoms with E-state index in [0.29, 0.717) is 11.3 Å². The Balaban J connectivity index is 2.61. The molecule has 6 nitrogen and oxygen atoms in total. The third-order valence-electron chi connectivity index (χ3n) is 3.15. The molecule has 1 rings (SSSR count). The summed E-state index contributed by atoms with van der Waals surface area (Å²) in [4.78, 5) is 33.5. The first-order valence-corrected chi connectivity index (χ1v) is 6.61. The molecular formula is C15H20N2O4. The zero-order valence-electron chi connectivity index (χ0n) is 12.4. The molecule has 2 amide bonds. The highest BCUT2D eigenvalue weighted by Crippen LogP contribution is 2.24. The highest BCUT2D eigenvalue weighted by atomic mass is 16.4. The average Bonchev–Trinajstić information content (AvgIpc) is 2.38. The van der Waals surface area contributed by atoms with Crippen LogP contribution in [-0.4, -0.2) is 29.4 Å². The number of aliphatic carboxylic acids is 1. The van der Waals surface area contributed by atoms with Crippen LogP contribution in [0, 0.1) is 0 Å². The molecule has 0 aliphatic carbocycles. The molecule has 0 heterocycles. The summed E-state index contributed by atoms with van der Waals surface area (Å²) >= 11 is 0. The topological polar surface area (TPSA) is 95.5 Å². The molecule has 0 bridgehead atoms. The number of hydrogen-bond acceptors (Lipinski definition) is 3. The first-order chi connectivity index (χ1) is 9.73. The molecule has 0 saturated carbocycles. The van der Waals surface area contributed by atoms with Crippen molar-refractivity contribution in [2.24, 2.45) is 0 Å². The van der Waals surface area contributed by atoms with Crippen molar-refractivity contribution in [1.29, 1.82) is 0 Å². The maximum Gasteiger partial charge on any atom is 0.313 e. The minimum Gasteiger partial charge on any atom is -0.481 e. The number of carbonyl (C=O) groups excluding carboxylic acids is 2. The van der Waals surface area contributed by atoms with Crippen molar-refractivity contribution >= 4 is 23.5 Å². The predicted molar refractivity (Wildman–Crippen MR) is 79.0 cm³/mol. The molecule has 0 aromatic heterocycles. The second-order valence-corrected chi connectivity index (χ2v) is 5.29. The molecule has 3 N–H and O–H groups in total. The second-order valence-electron chi connectivity index (χ2n) is 5.29. The second kappa shape index (κ2) is 6.88. The van der Waals surface area contributed by atoms with Gasteiger partial charge in [0.1, 0.15) is 0 Å². The van der Waals surface area contributed by atoms with Crippen molar-refractivity contribution in [1.82, 2.24) is 5.32 Å². The van der Waals surface area contributed by atoms with Gasteiger partial charge < -0.3 is 15.7 Å². The molecule has 0 fully saturated rings. The Morgan fingerprint density at radius 1 is 1.14 bits per heavy atom. The number of nitrogens with one attached hydrogen (secondary N) is 2. The lowest BCUT2D eigenvalue weighted by molar-refractivity contribution is -0.142. The summed E-state index contributed by atoms with van der Waals surface area (Å²) in [6.07, 6.45) is 0.182. The number of anilines is 1. The van der Waals surface area contributed by atoms with Gasteiger partial charge in [-0.15, -0.1) is 0 Å². The van der Waals surface area contributed by atoms with Crippen LogP contribution in [0.25, 0.3) is 0 Å². The van der Waals surface area contributed by atoms with E-state index in [9.17, 15) is 14.4 Å². The number of carboxylic acid groups (broad SMARTS) is 1. The summed E-state index contributed by atoms with van der Waals surface area (Å²) in [5.41, 5.74) is 0.271. The van der Waals surface area contributed by atoms with Crippen LogP contribution in [0.15, 0.2) is 24.3 Å². The van der Waals surface area contributed by atoms with Gasteiger partial charge in [-0.1, -0.05) is 12.1 Å². The summed E-state index contributed by atoms with van der Waals surface area (Å²) in [5.74, 6) is -1.30. The van der Waals surface area contributed by atoms with E-state index in [4.69, 9.17) is 5.11 Å². The predicted octanol–water partition coefficient (Wildman–Crippen LogP) is 1.51. The lowest BCUT2D eigenvalue weighted by atomic mass is 9.85. The summed E-state index contributed by atoms with van der Waals surface area (Å²) < 4.78 is 0. The Labute approximate surface area is 123 Å². The molecule has 114 valence electrons. The minimum absolute atomic E-state index is 0.178. The fourth-order valence-corrected chi connectivity index (χ4v) is 1.67. The first kappa shape index (κ1) is 16.7. The molecule has 21 heavy (non-hydrogen) atoms.